The van der Waals surface area contributed by atoms with E-state index in [0.29, 0.717) is 19.3 Å². The molecular weight excluding hydrogens is 262 g/mol. The third kappa shape index (κ3) is 3.49. The van der Waals surface area contributed by atoms with Crippen LogP contribution in [-0.4, -0.2) is 36.1 Å². The van der Waals surface area contributed by atoms with Gasteiger partial charge in [0.1, 0.15) is 18.0 Å². The monoisotopic (exact) mass is 283 g/mol. The van der Waals surface area contributed by atoms with E-state index in [4.69, 9.17) is 9.47 Å². The van der Waals surface area contributed by atoms with E-state index >= 15 is 0 Å². The molecule has 0 aromatic heterocycles. The van der Waals surface area contributed by atoms with Gasteiger partial charge in [0.05, 0.1) is 12.0 Å². The first-order valence-corrected chi connectivity index (χ1v) is 6.94. The summed E-state index contributed by atoms with van der Waals surface area (Å²) >= 11 is 0. The van der Waals surface area contributed by atoms with Crippen molar-refractivity contribution < 1.29 is 23.9 Å². The van der Waals surface area contributed by atoms with Crippen LogP contribution in [0.2, 0.25) is 0 Å². The molecule has 0 aromatic carbocycles. The van der Waals surface area contributed by atoms with Crippen molar-refractivity contribution in [2.45, 2.75) is 51.7 Å². The minimum atomic E-state index is -0.586. The SMILES string of the molecule is CC(C)(C)OC(=O)N[C@@H]1COC(=O)[C@@H]2CCC(=O)C[C@@H]12. The average molecular weight is 283 g/mol. The Hall–Kier alpha value is -1.59. The lowest BCUT2D eigenvalue weighted by atomic mass is 9.73. The lowest BCUT2D eigenvalue weighted by Gasteiger charge is -2.39. The van der Waals surface area contributed by atoms with E-state index < -0.39 is 11.7 Å². The summed E-state index contributed by atoms with van der Waals surface area (Å²) < 4.78 is 10.3. The Kier molecular flexibility index (Phi) is 4.01. The van der Waals surface area contributed by atoms with Crippen molar-refractivity contribution in [1.29, 1.82) is 0 Å². The summed E-state index contributed by atoms with van der Waals surface area (Å²) in [6.07, 6.45) is 0.696. The maximum Gasteiger partial charge on any atom is 0.408 e. The zero-order chi connectivity index (χ0) is 14.9. The van der Waals surface area contributed by atoms with Crippen LogP contribution in [0.5, 0.6) is 0 Å². The van der Waals surface area contributed by atoms with Gasteiger partial charge < -0.3 is 14.8 Å². The molecule has 2 rings (SSSR count). The highest BCUT2D eigenvalue weighted by Gasteiger charge is 2.44. The standard InChI is InChI=1S/C14H21NO5/c1-14(2,3)20-13(18)15-11-7-19-12(17)9-5-4-8(16)6-10(9)11/h9-11H,4-7H2,1-3H3,(H,15,18)/t9-,10-,11-/m1/s1. The Balaban J connectivity index is 2.01. The second kappa shape index (κ2) is 5.42. The van der Waals surface area contributed by atoms with Gasteiger partial charge in [-0.2, -0.15) is 0 Å². The Morgan fingerprint density at radius 2 is 2.05 bits per heavy atom. The Morgan fingerprint density at radius 1 is 1.35 bits per heavy atom. The van der Waals surface area contributed by atoms with Crippen LogP contribution in [0.3, 0.4) is 0 Å². The van der Waals surface area contributed by atoms with Crippen LogP contribution in [0.25, 0.3) is 0 Å². The quantitative estimate of drug-likeness (QED) is 0.736. The van der Waals surface area contributed by atoms with Crippen molar-refractivity contribution in [2.24, 2.45) is 11.8 Å². The second-order valence-electron chi connectivity index (χ2n) is 6.43. The number of hydrogen-bond donors (Lipinski definition) is 1. The normalized spacial score (nSPS) is 30.2. The van der Waals surface area contributed by atoms with Crippen LogP contribution in [0.15, 0.2) is 0 Å². The van der Waals surface area contributed by atoms with E-state index in [0.717, 1.165) is 0 Å². The number of fused-ring (bicyclic) bond motifs is 1. The average Bonchev–Trinajstić information content (AvgIpc) is 2.30. The number of hydrogen-bond acceptors (Lipinski definition) is 5. The molecule has 1 N–H and O–H groups in total. The first-order chi connectivity index (χ1) is 9.26. The smallest absolute Gasteiger partial charge is 0.408 e. The van der Waals surface area contributed by atoms with Gasteiger partial charge in [-0.3, -0.25) is 9.59 Å². The first kappa shape index (κ1) is 14.8. The van der Waals surface area contributed by atoms with E-state index in [-0.39, 0.29) is 36.2 Å². The number of ether oxygens (including phenoxy) is 2. The molecule has 20 heavy (non-hydrogen) atoms. The van der Waals surface area contributed by atoms with Crippen LogP contribution in [0, 0.1) is 11.8 Å². The molecule has 0 bridgehead atoms. The molecule has 1 saturated heterocycles. The fourth-order valence-electron chi connectivity index (χ4n) is 2.76. The Labute approximate surface area is 118 Å². The summed E-state index contributed by atoms with van der Waals surface area (Å²) in [5, 5.41) is 2.73. The van der Waals surface area contributed by atoms with Gasteiger partial charge in [-0.05, 0) is 27.2 Å². The third-order valence-corrected chi connectivity index (χ3v) is 3.64. The molecule has 1 heterocycles. The molecule has 3 atom stereocenters. The van der Waals surface area contributed by atoms with Crippen LogP contribution in [-0.2, 0) is 19.1 Å². The molecule has 6 heteroatoms. The molecule has 1 aliphatic carbocycles. The molecule has 1 aliphatic heterocycles. The van der Waals surface area contributed by atoms with Gasteiger partial charge in [0.25, 0.3) is 0 Å². The molecule has 6 nitrogen and oxygen atoms in total. The molecule has 1 amide bonds. The fourth-order valence-corrected chi connectivity index (χ4v) is 2.76. The maximum atomic E-state index is 11.8. The number of carbonyl (C=O) groups excluding carboxylic acids is 3. The van der Waals surface area contributed by atoms with Gasteiger partial charge in [-0.1, -0.05) is 0 Å². The summed E-state index contributed by atoms with van der Waals surface area (Å²) in [6, 6.07) is -0.350. The number of carbonyl (C=O) groups is 3. The van der Waals surface area contributed by atoms with E-state index in [1.165, 1.54) is 0 Å². The number of rotatable bonds is 1. The topological polar surface area (TPSA) is 81.7 Å². The number of alkyl carbamates (subject to hydrolysis) is 1. The van der Waals surface area contributed by atoms with Gasteiger partial charge in [0.15, 0.2) is 0 Å². The number of Topliss-reactive ketones (excluding diaryl/α,β-unsaturated/α-hetero) is 1. The first-order valence-electron chi connectivity index (χ1n) is 6.94. The van der Waals surface area contributed by atoms with Crippen LogP contribution in [0.1, 0.15) is 40.0 Å². The van der Waals surface area contributed by atoms with E-state index in [2.05, 4.69) is 5.32 Å². The van der Waals surface area contributed by atoms with Crippen molar-refractivity contribution in [2.75, 3.05) is 6.61 Å². The number of esters is 1. The summed E-state index contributed by atoms with van der Waals surface area (Å²) in [7, 11) is 0. The predicted molar refractivity (Wildman–Crippen MR) is 70.0 cm³/mol. The van der Waals surface area contributed by atoms with Gasteiger partial charge in [-0.25, -0.2) is 4.79 Å². The lowest BCUT2D eigenvalue weighted by molar-refractivity contribution is -0.161. The summed E-state index contributed by atoms with van der Waals surface area (Å²) in [5.41, 5.74) is -0.586. The van der Waals surface area contributed by atoms with Gasteiger partial charge in [0.2, 0.25) is 0 Å². The molecule has 112 valence electrons. The molecule has 1 saturated carbocycles. The highest BCUT2D eigenvalue weighted by atomic mass is 16.6. The minimum absolute atomic E-state index is 0.104. The molecule has 0 radical (unpaired) electrons. The van der Waals surface area contributed by atoms with Crippen molar-refractivity contribution in [3.8, 4) is 0 Å². The van der Waals surface area contributed by atoms with Crippen molar-refractivity contribution in [1.82, 2.24) is 5.32 Å². The number of nitrogens with one attached hydrogen (secondary N) is 1. The Bertz CT molecular complexity index is 426. The third-order valence-electron chi connectivity index (χ3n) is 3.64. The van der Waals surface area contributed by atoms with Gasteiger partial charge in [-0.15, -0.1) is 0 Å². The number of amides is 1. The van der Waals surface area contributed by atoms with E-state index in [9.17, 15) is 14.4 Å². The van der Waals surface area contributed by atoms with Crippen LogP contribution < -0.4 is 5.32 Å². The predicted octanol–water partition coefficient (Wildman–Crippen LogP) is 1.42. The maximum absolute atomic E-state index is 11.8. The zero-order valence-corrected chi connectivity index (χ0v) is 12.1. The van der Waals surface area contributed by atoms with Gasteiger partial charge >= 0.3 is 12.1 Å². The highest BCUT2D eigenvalue weighted by Crippen LogP contribution is 2.34. The van der Waals surface area contributed by atoms with Crippen molar-refractivity contribution in [3.63, 3.8) is 0 Å². The van der Waals surface area contributed by atoms with Gasteiger partial charge in [0, 0.05) is 18.8 Å². The highest BCUT2D eigenvalue weighted by molar-refractivity contribution is 5.84. The van der Waals surface area contributed by atoms with Crippen LogP contribution in [0.4, 0.5) is 4.79 Å². The number of cyclic esters (lactones) is 1. The molecule has 2 aliphatic rings. The van der Waals surface area contributed by atoms with E-state index in [1.807, 2.05) is 0 Å². The number of ketones is 1. The summed E-state index contributed by atoms with van der Waals surface area (Å²) in [4.78, 5) is 35.1. The second-order valence-corrected chi connectivity index (χ2v) is 6.43. The molecular formula is C14H21NO5. The summed E-state index contributed by atoms with van der Waals surface area (Å²) in [6.45, 7) is 5.44. The van der Waals surface area contributed by atoms with Crippen molar-refractivity contribution >= 4 is 17.8 Å². The lowest BCUT2D eigenvalue weighted by Crippen LogP contribution is -2.54. The van der Waals surface area contributed by atoms with Crippen molar-refractivity contribution in [3.05, 3.63) is 0 Å². The largest absolute Gasteiger partial charge is 0.463 e. The minimum Gasteiger partial charge on any atom is -0.463 e. The summed E-state index contributed by atoms with van der Waals surface area (Å²) in [5.74, 6) is -0.590. The molecule has 0 spiro atoms. The molecule has 0 aromatic rings. The fraction of sp³-hybridized carbons (Fsp3) is 0.786. The zero-order valence-electron chi connectivity index (χ0n) is 12.1. The Morgan fingerprint density at radius 3 is 2.70 bits per heavy atom. The molecule has 2 fully saturated rings. The van der Waals surface area contributed by atoms with Crippen LogP contribution >= 0.6 is 0 Å². The van der Waals surface area contributed by atoms with E-state index in [1.54, 1.807) is 20.8 Å². The molecule has 0 unspecified atom stereocenters.